The van der Waals surface area contributed by atoms with Crippen LogP contribution in [0.4, 0.5) is 0 Å². The molecule has 0 saturated carbocycles. The number of aliphatic hydroxyl groups is 1. The number of imidazole rings is 1. The van der Waals surface area contributed by atoms with E-state index in [2.05, 4.69) is 35.2 Å². The normalized spacial score (nSPS) is 12.1. The fraction of sp³-hybridized carbons (Fsp3) is 0.350. The summed E-state index contributed by atoms with van der Waals surface area (Å²) >= 11 is 0. The van der Waals surface area contributed by atoms with Crippen LogP contribution in [0.15, 0.2) is 54.6 Å². The van der Waals surface area contributed by atoms with Gasteiger partial charge in [0.25, 0.3) is 5.82 Å². The van der Waals surface area contributed by atoms with Crippen molar-refractivity contribution in [2.75, 3.05) is 6.61 Å². The maximum absolute atomic E-state index is 10.4. The van der Waals surface area contributed by atoms with Crippen LogP contribution in [0.5, 0.6) is 0 Å². The summed E-state index contributed by atoms with van der Waals surface area (Å²) in [6, 6.07) is 18.3. The van der Waals surface area contributed by atoms with Gasteiger partial charge in [-0.05, 0) is 17.7 Å². The fourth-order valence-electron chi connectivity index (χ4n) is 3.22. The molecule has 1 heterocycles. The van der Waals surface area contributed by atoms with Gasteiger partial charge in [0.05, 0.1) is 20.3 Å². The number of benzene rings is 2. The Morgan fingerprint density at radius 2 is 1.76 bits per heavy atom. The van der Waals surface area contributed by atoms with Crippen LogP contribution < -0.4 is 28.5 Å². The van der Waals surface area contributed by atoms with Gasteiger partial charge in [-0.3, -0.25) is 0 Å². The molecule has 3 aromatic rings. The molecule has 5 heteroatoms. The number of aliphatic hydroxyl groups excluding tert-OH is 1. The number of aryl methyl sites for hydroxylation is 1. The highest BCUT2D eigenvalue weighted by atomic mass is 127. The molecule has 1 N–H and O–H groups in total. The Balaban J connectivity index is 0.00000225. The van der Waals surface area contributed by atoms with Crippen molar-refractivity contribution in [1.29, 1.82) is 0 Å². The molecule has 0 aliphatic rings. The number of para-hydroxylation sites is 2. The van der Waals surface area contributed by atoms with E-state index in [0.717, 1.165) is 17.5 Å². The van der Waals surface area contributed by atoms with E-state index in [1.54, 1.807) is 0 Å². The van der Waals surface area contributed by atoms with Crippen molar-refractivity contribution in [3.05, 3.63) is 66.0 Å². The zero-order valence-corrected chi connectivity index (χ0v) is 16.9. The second-order valence-corrected chi connectivity index (χ2v) is 6.08. The summed E-state index contributed by atoms with van der Waals surface area (Å²) in [6.45, 7) is 3.54. The number of rotatable bonds is 7. The van der Waals surface area contributed by atoms with Crippen LogP contribution >= 0.6 is 0 Å². The van der Waals surface area contributed by atoms with Gasteiger partial charge >= 0.3 is 0 Å². The zero-order chi connectivity index (χ0) is 16.9. The maximum Gasteiger partial charge on any atom is 0.256 e. The molecule has 25 heavy (non-hydrogen) atoms. The number of halogens is 1. The van der Waals surface area contributed by atoms with E-state index in [1.165, 1.54) is 11.3 Å². The van der Waals surface area contributed by atoms with Crippen LogP contribution in [0.3, 0.4) is 0 Å². The number of hydrogen-bond acceptors (Lipinski definition) is 2. The Kier molecular flexibility index (Phi) is 7.40. The fourth-order valence-corrected chi connectivity index (χ4v) is 3.22. The van der Waals surface area contributed by atoms with Crippen molar-refractivity contribution in [2.45, 2.75) is 32.6 Å². The Morgan fingerprint density at radius 3 is 2.48 bits per heavy atom. The Hall–Kier alpha value is -1.44. The molecule has 134 valence electrons. The molecule has 0 spiro atoms. The molecule has 0 aliphatic carbocycles. The molecule has 0 bridgehead atoms. The molecular weight excluding hydrogens is 427 g/mol. The van der Waals surface area contributed by atoms with Crippen molar-refractivity contribution in [3.63, 3.8) is 0 Å². The van der Waals surface area contributed by atoms with Crippen molar-refractivity contribution in [3.8, 4) is 0 Å². The lowest BCUT2D eigenvalue weighted by Crippen LogP contribution is -3.00. The van der Waals surface area contributed by atoms with Gasteiger partial charge in [0.1, 0.15) is 12.6 Å². The number of nitrogens with zero attached hydrogens (tertiary/aromatic N) is 2. The van der Waals surface area contributed by atoms with Crippen LogP contribution in [0, 0.1) is 0 Å². The third kappa shape index (κ3) is 4.59. The quantitative estimate of drug-likeness (QED) is 0.392. The van der Waals surface area contributed by atoms with Gasteiger partial charge in [-0.15, -0.1) is 0 Å². The Bertz CT molecular complexity index is 802. The number of fused-ring (bicyclic) bond motifs is 1. The highest BCUT2D eigenvalue weighted by molar-refractivity contribution is 5.72. The van der Waals surface area contributed by atoms with E-state index in [9.17, 15) is 5.11 Å². The number of aromatic nitrogens is 2. The third-order valence-corrected chi connectivity index (χ3v) is 4.36. The van der Waals surface area contributed by atoms with E-state index in [1.807, 2.05) is 42.5 Å². The predicted octanol–water partition coefficient (Wildman–Crippen LogP) is -0.390. The first-order valence-corrected chi connectivity index (χ1v) is 8.46. The van der Waals surface area contributed by atoms with Crippen LogP contribution in [0.2, 0.25) is 0 Å². The minimum Gasteiger partial charge on any atom is -1.00 e. The lowest BCUT2D eigenvalue weighted by molar-refractivity contribution is -0.653. The molecule has 2 aromatic carbocycles. The summed E-state index contributed by atoms with van der Waals surface area (Å²) in [4.78, 5) is 0. The summed E-state index contributed by atoms with van der Waals surface area (Å²) in [5.74, 6) is 1.21. The molecule has 4 nitrogen and oxygen atoms in total. The molecule has 0 aliphatic heterocycles. The second kappa shape index (κ2) is 9.31. The molecule has 0 saturated heterocycles. The standard InChI is InChI=1S/C20H25N2O2.HI/c1-3-20-21(2)18-11-7-8-12-19(18)22(20)13-17(23)15-24-14-16-9-5-4-6-10-16;/h4-12,17,23H,3,13-15H2,1-2H3;1H/q+1;/p-1. The average Bonchev–Trinajstić information content (AvgIpc) is 2.88. The van der Waals surface area contributed by atoms with Gasteiger partial charge in [0.2, 0.25) is 0 Å². The van der Waals surface area contributed by atoms with Gasteiger partial charge in [-0.1, -0.05) is 49.4 Å². The highest BCUT2D eigenvalue weighted by Gasteiger charge is 2.22. The first-order chi connectivity index (χ1) is 11.7. The van der Waals surface area contributed by atoms with Crippen LogP contribution in [0.25, 0.3) is 11.0 Å². The Morgan fingerprint density at radius 1 is 1.08 bits per heavy atom. The predicted molar refractivity (Wildman–Crippen MR) is 94.6 cm³/mol. The third-order valence-electron chi connectivity index (χ3n) is 4.36. The van der Waals surface area contributed by atoms with Gasteiger partial charge < -0.3 is 33.8 Å². The van der Waals surface area contributed by atoms with E-state index in [4.69, 9.17) is 4.74 Å². The van der Waals surface area contributed by atoms with Crippen molar-refractivity contribution in [2.24, 2.45) is 7.05 Å². The van der Waals surface area contributed by atoms with Crippen molar-refractivity contribution in [1.82, 2.24) is 4.57 Å². The van der Waals surface area contributed by atoms with Gasteiger partial charge in [0, 0.05) is 6.42 Å². The lowest BCUT2D eigenvalue weighted by atomic mass is 10.2. The number of hydrogen-bond donors (Lipinski definition) is 1. The molecule has 3 rings (SSSR count). The molecular formula is C20H25IN2O2. The number of ether oxygens (including phenoxy) is 1. The summed E-state index contributed by atoms with van der Waals surface area (Å²) < 4.78 is 10.1. The van der Waals surface area contributed by atoms with Gasteiger partial charge in [0.15, 0.2) is 11.0 Å². The minimum absolute atomic E-state index is 0. The van der Waals surface area contributed by atoms with Crippen molar-refractivity contribution < 1.29 is 38.4 Å². The zero-order valence-electron chi connectivity index (χ0n) is 14.7. The highest BCUT2D eigenvalue weighted by Crippen LogP contribution is 2.15. The second-order valence-electron chi connectivity index (χ2n) is 6.08. The van der Waals surface area contributed by atoms with E-state index in [-0.39, 0.29) is 24.0 Å². The first kappa shape index (κ1) is 19.9. The first-order valence-electron chi connectivity index (χ1n) is 8.46. The minimum atomic E-state index is -0.533. The molecule has 0 radical (unpaired) electrons. The van der Waals surface area contributed by atoms with Crippen molar-refractivity contribution >= 4 is 11.0 Å². The van der Waals surface area contributed by atoms with Crippen LogP contribution in [-0.2, 0) is 31.4 Å². The summed E-state index contributed by atoms with van der Waals surface area (Å²) in [6.07, 6.45) is 0.387. The summed E-state index contributed by atoms with van der Waals surface area (Å²) in [5.41, 5.74) is 3.46. The van der Waals surface area contributed by atoms with Crippen LogP contribution in [-0.4, -0.2) is 22.4 Å². The smallest absolute Gasteiger partial charge is 0.256 e. The molecule has 1 aromatic heterocycles. The monoisotopic (exact) mass is 452 g/mol. The summed E-state index contributed by atoms with van der Waals surface area (Å²) in [5, 5.41) is 10.4. The summed E-state index contributed by atoms with van der Waals surface area (Å²) in [7, 11) is 2.08. The molecule has 1 unspecified atom stereocenters. The van der Waals surface area contributed by atoms with Crippen LogP contribution in [0.1, 0.15) is 18.3 Å². The van der Waals surface area contributed by atoms with E-state index >= 15 is 0 Å². The van der Waals surface area contributed by atoms with Gasteiger partial charge in [-0.25, -0.2) is 9.13 Å². The average molecular weight is 452 g/mol. The van der Waals surface area contributed by atoms with Gasteiger partial charge in [-0.2, -0.15) is 0 Å². The molecule has 0 amide bonds. The molecule has 1 atom stereocenters. The largest absolute Gasteiger partial charge is 1.00 e. The van der Waals surface area contributed by atoms with E-state index in [0.29, 0.717) is 19.8 Å². The maximum atomic E-state index is 10.4. The Labute approximate surface area is 166 Å². The topological polar surface area (TPSA) is 38.3 Å². The SMILES string of the molecule is CCc1n(CC(O)COCc2ccccc2)c2ccccc2[n+]1C.[I-]. The molecule has 0 fully saturated rings. The van der Waals surface area contributed by atoms with E-state index < -0.39 is 6.10 Å². The lowest BCUT2D eigenvalue weighted by Gasteiger charge is -2.11.